The fraction of sp³-hybridized carbons (Fsp3) is 0.556. The summed E-state index contributed by atoms with van der Waals surface area (Å²) in [7, 11) is 0. The minimum Gasteiger partial charge on any atom is -0.390 e. The fourth-order valence-corrected chi connectivity index (χ4v) is 5.12. The molecule has 0 bridgehead atoms. The highest BCUT2D eigenvalue weighted by molar-refractivity contribution is 5.98. The Morgan fingerprint density at radius 3 is 2.38 bits per heavy atom. The minimum atomic E-state index is -4.78. The molecule has 12 heteroatoms. The third kappa shape index (κ3) is 6.78. The molecule has 1 aromatic heterocycles. The third-order valence-corrected chi connectivity index (χ3v) is 7.40. The number of hydrogen-bond donors (Lipinski definition) is 4. The molecule has 2 aliphatic rings. The number of piperidine rings is 1. The van der Waals surface area contributed by atoms with Gasteiger partial charge in [-0.15, -0.1) is 0 Å². The van der Waals surface area contributed by atoms with E-state index in [0.29, 0.717) is 56.7 Å². The Kier molecular flexibility index (Phi) is 8.34. The van der Waals surface area contributed by atoms with Crippen molar-refractivity contribution in [2.75, 3.05) is 23.7 Å². The first-order valence-electron chi connectivity index (χ1n) is 13.3. The van der Waals surface area contributed by atoms with Gasteiger partial charge < -0.3 is 26.4 Å². The lowest BCUT2D eigenvalue weighted by molar-refractivity contribution is -0.138. The van der Waals surface area contributed by atoms with Crippen molar-refractivity contribution in [3.05, 3.63) is 40.7 Å². The molecule has 9 nitrogen and oxygen atoms in total. The number of carbonyl (C=O) groups excluding carboxylic acids is 2. The Morgan fingerprint density at radius 2 is 1.79 bits per heavy atom. The largest absolute Gasteiger partial charge is 0.417 e. The van der Waals surface area contributed by atoms with Gasteiger partial charge in [-0.25, -0.2) is 9.97 Å². The topological polar surface area (TPSA) is 133 Å². The molecule has 2 fully saturated rings. The van der Waals surface area contributed by atoms with Gasteiger partial charge >= 0.3 is 6.18 Å². The van der Waals surface area contributed by atoms with Crippen LogP contribution in [-0.2, 0) is 12.6 Å². The van der Waals surface area contributed by atoms with E-state index < -0.39 is 34.7 Å². The van der Waals surface area contributed by atoms with Crippen molar-refractivity contribution in [2.45, 2.75) is 83.0 Å². The maximum atomic E-state index is 14.1. The highest BCUT2D eigenvalue weighted by Crippen LogP contribution is 2.36. The highest BCUT2D eigenvalue weighted by atomic mass is 19.4. The molecule has 0 unspecified atom stereocenters. The summed E-state index contributed by atoms with van der Waals surface area (Å²) in [4.78, 5) is 35.4. The zero-order chi connectivity index (χ0) is 28.4. The second kappa shape index (κ2) is 11.4. The molecular weight excluding hydrogens is 513 g/mol. The summed E-state index contributed by atoms with van der Waals surface area (Å²) in [5.41, 5.74) is 3.59. The summed E-state index contributed by atoms with van der Waals surface area (Å²) in [6.07, 6.45) is 0.705. The van der Waals surface area contributed by atoms with Gasteiger partial charge in [0.15, 0.2) is 11.5 Å². The van der Waals surface area contributed by atoms with E-state index in [1.54, 1.807) is 6.92 Å². The number of alkyl halides is 3. The molecule has 2 aromatic rings. The number of aryl methyl sites for hydroxylation is 1. The Morgan fingerprint density at radius 1 is 1.13 bits per heavy atom. The Bertz CT molecular complexity index is 1220. The normalized spacial score (nSPS) is 21.9. The summed E-state index contributed by atoms with van der Waals surface area (Å²) >= 11 is 0. The van der Waals surface area contributed by atoms with Gasteiger partial charge in [-0.3, -0.25) is 9.59 Å². The lowest BCUT2D eigenvalue weighted by Gasteiger charge is -2.34. The van der Waals surface area contributed by atoms with E-state index in [4.69, 9.17) is 5.73 Å². The van der Waals surface area contributed by atoms with Crippen LogP contribution in [0.1, 0.15) is 90.9 Å². The summed E-state index contributed by atoms with van der Waals surface area (Å²) in [6, 6.07) is 3.35. The predicted octanol–water partition coefficient (Wildman–Crippen LogP) is 4.63. The zero-order valence-corrected chi connectivity index (χ0v) is 22.2. The van der Waals surface area contributed by atoms with E-state index in [2.05, 4.69) is 20.6 Å². The second-order valence-corrected chi connectivity index (χ2v) is 10.6. The van der Waals surface area contributed by atoms with Gasteiger partial charge in [0.2, 0.25) is 0 Å². The summed E-state index contributed by atoms with van der Waals surface area (Å²) in [5.74, 6) is -1.23. The van der Waals surface area contributed by atoms with E-state index in [1.165, 1.54) is 11.0 Å². The van der Waals surface area contributed by atoms with Crippen LogP contribution in [0.15, 0.2) is 18.2 Å². The molecule has 2 heterocycles. The SMILES string of the molecule is CCc1nc(C(N)=O)c(Nc2ccc(C(=O)N3CCCCC3)c(C(F)(F)F)c2)nc1NC1CCC(C)(O)CC1. The first-order chi connectivity index (χ1) is 18.4. The van der Waals surface area contributed by atoms with Crippen LogP contribution in [0.4, 0.5) is 30.5 Å². The first kappa shape index (κ1) is 28.6. The quantitative estimate of drug-likeness (QED) is 0.396. The number of amides is 2. The summed E-state index contributed by atoms with van der Waals surface area (Å²) < 4.78 is 42.2. The monoisotopic (exact) mass is 548 g/mol. The smallest absolute Gasteiger partial charge is 0.390 e. The van der Waals surface area contributed by atoms with Crippen LogP contribution < -0.4 is 16.4 Å². The number of primary amides is 1. The molecule has 212 valence electrons. The van der Waals surface area contributed by atoms with Gasteiger partial charge in [0, 0.05) is 24.8 Å². The molecule has 1 saturated heterocycles. The van der Waals surface area contributed by atoms with Gasteiger partial charge in [0.1, 0.15) is 5.82 Å². The lowest BCUT2D eigenvalue weighted by atomic mass is 9.83. The van der Waals surface area contributed by atoms with E-state index in [9.17, 15) is 27.9 Å². The Labute approximate surface area is 225 Å². The van der Waals surface area contributed by atoms with Crippen molar-refractivity contribution in [3.63, 3.8) is 0 Å². The average Bonchev–Trinajstić information content (AvgIpc) is 2.89. The molecule has 1 aromatic carbocycles. The summed E-state index contributed by atoms with van der Waals surface area (Å²) in [5, 5.41) is 16.3. The lowest BCUT2D eigenvalue weighted by Crippen LogP contribution is -2.36. The number of likely N-dealkylation sites (tertiary alicyclic amines) is 1. The number of rotatable bonds is 7. The van der Waals surface area contributed by atoms with Gasteiger partial charge in [-0.05, 0) is 76.5 Å². The van der Waals surface area contributed by atoms with E-state index in [0.717, 1.165) is 31.4 Å². The Balaban J connectivity index is 1.66. The van der Waals surface area contributed by atoms with Crippen molar-refractivity contribution in [1.82, 2.24) is 14.9 Å². The first-order valence-corrected chi connectivity index (χ1v) is 13.3. The summed E-state index contributed by atoms with van der Waals surface area (Å²) in [6.45, 7) is 4.48. The zero-order valence-electron chi connectivity index (χ0n) is 22.2. The van der Waals surface area contributed by atoms with Gasteiger partial charge in [-0.1, -0.05) is 6.92 Å². The van der Waals surface area contributed by atoms with Crippen molar-refractivity contribution in [1.29, 1.82) is 0 Å². The molecular formula is C27H35F3N6O3. The number of nitrogens with two attached hydrogens (primary N) is 1. The maximum absolute atomic E-state index is 14.1. The van der Waals surface area contributed by atoms with Crippen LogP contribution in [-0.4, -0.2) is 56.5 Å². The van der Waals surface area contributed by atoms with Crippen LogP contribution in [0.5, 0.6) is 0 Å². The maximum Gasteiger partial charge on any atom is 0.417 e. The van der Waals surface area contributed by atoms with Crippen molar-refractivity contribution in [3.8, 4) is 0 Å². The van der Waals surface area contributed by atoms with E-state index in [1.807, 2.05) is 6.92 Å². The number of carbonyl (C=O) groups is 2. The van der Waals surface area contributed by atoms with Crippen molar-refractivity contribution >= 4 is 29.1 Å². The fourth-order valence-electron chi connectivity index (χ4n) is 5.12. The second-order valence-electron chi connectivity index (χ2n) is 10.6. The number of nitrogens with zero attached hydrogens (tertiary/aromatic N) is 3. The number of aliphatic hydroxyl groups is 1. The van der Waals surface area contributed by atoms with Crippen molar-refractivity contribution < 1.29 is 27.9 Å². The van der Waals surface area contributed by atoms with Gasteiger partial charge in [0.25, 0.3) is 11.8 Å². The standard InChI is InChI=1S/C27H35F3N6O3/c1-3-20-23(32-16-9-11-26(2,39)12-10-16)35-24(21(34-20)22(31)37)33-17-7-8-18(19(15-17)27(28,29)30)25(38)36-13-5-4-6-14-36/h7-8,15-16,39H,3-6,9-14H2,1-2H3,(H2,31,37)(H2,32,33,35). The highest BCUT2D eigenvalue weighted by Gasteiger charge is 2.37. The number of anilines is 3. The van der Waals surface area contributed by atoms with E-state index >= 15 is 0 Å². The molecule has 5 N–H and O–H groups in total. The molecule has 2 amide bonds. The molecule has 1 aliphatic heterocycles. The van der Waals surface area contributed by atoms with E-state index in [-0.39, 0.29) is 23.2 Å². The molecule has 1 aliphatic carbocycles. The number of aromatic nitrogens is 2. The van der Waals surface area contributed by atoms with Crippen LogP contribution in [0, 0.1) is 0 Å². The molecule has 0 atom stereocenters. The van der Waals surface area contributed by atoms with Crippen LogP contribution >= 0.6 is 0 Å². The molecule has 39 heavy (non-hydrogen) atoms. The minimum absolute atomic E-state index is 0.00835. The number of benzene rings is 1. The average molecular weight is 549 g/mol. The predicted molar refractivity (Wildman–Crippen MR) is 141 cm³/mol. The van der Waals surface area contributed by atoms with Crippen LogP contribution in [0.3, 0.4) is 0 Å². The number of nitrogens with one attached hydrogen (secondary N) is 2. The van der Waals surface area contributed by atoms with Gasteiger partial charge in [0.05, 0.1) is 22.4 Å². The molecule has 4 rings (SSSR count). The molecule has 1 saturated carbocycles. The van der Waals surface area contributed by atoms with Crippen LogP contribution in [0.2, 0.25) is 0 Å². The molecule has 0 radical (unpaired) electrons. The van der Waals surface area contributed by atoms with Crippen LogP contribution in [0.25, 0.3) is 0 Å². The number of hydrogen-bond acceptors (Lipinski definition) is 7. The molecule has 0 spiro atoms. The Hall–Kier alpha value is -3.41. The van der Waals surface area contributed by atoms with Crippen molar-refractivity contribution in [2.24, 2.45) is 5.73 Å². The number of halogens is 3. The third-order valence-electron chi connectivity index (χ3n) is 7.40. The van der Waals surface area contributed by atoms with Gasteiger partial charge in [-0.2, -0.15) is 13.2 Å².